The van der Waals surface area contributed by atoms with E-state index in [2.05, 4.69) is 61.6 Å². The maximum absolute atomic E-state index is 2.26. The summed E-state index contributed by atoms with van der Waals surface area (Å²) in [5, 5.41) is 2.79. The van der Waals surface area contributed by atoms with E-state index in [9.17, 15) is 0 Å². The zero-order valence-corrected chi connectivity index (χ0v) is 11.6. The minimum atomic E-state index is 1.10. The fraction of sp³-hybridized carbons (Fsp3) is 0.333. The number of nitrogens with zero attached hydrogens (tertiary/aromatic N) is 1. The number of thioether (sulfide) groups is 1. The third kappa shape index (κ3) is 2.82. The molecule has 2 heteroatoms. The van der Waals surface area contributed by atoms with Crippen LogP contribution in [0.2, 0.25) is 0 Å². The maximum Gasteiger partial charge on any atom is 0.0150 e. The van der Waals surface area contributed by atoms with Crippen LogP contribution in [0, 0.1) is 0 Å². The van der Waals surface area contributed by atoms with Gasteiger partial charge in [0, 0.05) is 11.4 Å². The molecule has 17 heavy (non-hydrogen) atoms. The van der Waals surface area contributed by atoms with Gasteiger partial charge in [0.05, 0.1) is 0 Å². The number of hydrogen-bond donors (Lipinski definition) is 0. The standard InChI is InChI=1S/C15H19NS/c1-16(2)11-10-13-7-4-6-12-8-5-9-14(17-3)15(12)13/h4-9H,10-11H2,1-3H3. The molecule has 0 fully saturated rings. The Kier molecular flexibility index (Phi) is 4.08. The number of fused-ring (bicyclic) bond motifs is 1. The van der Waals surface area contributed by atoms with Crippen molar-refractivity contribution in [1.29, 1.82) is 0 Å². The molecule has 2 rings (SSSR count). The molecule has 0 saturated carbocycles. The number of likely N-dealkylation sites (N-methyl/N-ethyl adjacent to an activating group) is 1. The van der Waals surface area contributed by atoms with E-state index >= 15 is 0 Å². The van der Waals surface area contributed by atoms with Crippen molar-refractivity contribution in [2.75, 3.05) is 26.9 Å². The van der Waals surface area contributed by atoms with Crippen molar-refractivity contribution >= 4 is 22.5 Å². The highest BCUT2D eigenvalue weighted by Crippen LogP contribution is 2.29. The second-order valence-corrected chi connectivity index (χ2v) is 5.38. The normalized spacial score (nSPS) is 11.3. The molecular formula is C15H19NS. The molecule has 0 radical (unpaired) electrons. The van der Waals surface area contributed by atoms with Crippen molar-refractivity contribution < 1.29 is 0 Å². The first-order valence-electron chi connectivity index (χ1n) is 5.91. The van der Waals surface area contributed by atoms with Gasteiger partial charge in [-0.2, -0.15) is 0 Å². The molecule has 0 N–H and O–H groups in total. The lowest BCUT2D eigenvalue weighted by Crippen LogP contribution is -2.15. The second kappa shape index (κ2) is 5.56. The van der Waals surface area contributed by atoms with E-state index in [1.54, 1.807) is 0 Å². The molecule has 2 aromatic rings. The first-order chi connectivity index (χ1) is 8.22. The largest absolute Gasteiger partial charge is 0.309 e. The van der Waals surface area contributed by atoms with E-state index < -0.39 is 0 Å². The summed E-state index contributed by atoms with van der Waals surface area (Å²) in [6.07, 6.45) is 3.26. The van der Waals surface area contributed by atoms with Crippen molar-refractivity contribution in [3.63, 3.8) is 0 Å². The van der Waals surface area contributed by atoms with Gasteiger partial charge in [0.25, 0.3) is 0 Å². The zero-order chi connectivity index (χ0) is 12.3. The SMILES string of the molecule is CSc1cccc2cccc(CCN(C)C)c12. The summed E-state index contributed by atoms with van der Waals surface area (Å²) in [5.74, 6) is 0. The summed E-state index contributed by atoms with van der Waals surface area (Å²) >= 11 is 1.83. The molecule has 0 aliphatic carbocycles. The van der Waals surface area contributed by atoms with Crippen LogP contribution in [0.1, 0.15) is 5.56 Å². The van der Waals surface area contributed by atoms with Gasteiger partial charge < -0.3 is 4.90 Å². The molecule has 0 spiro atoms. The van der Waals surface area contributed by atoms with Crippen LogP contribution in [0.15, 0.2) is 41.3 Å². The molecule has 90 valence electrons. The Morgan fingerprint density at radius 1 is 1.06 bits per heavy atom. The van der Waals surface area contributed by atoms with E-state index in [1.807, 2.05) is 11.8 Å². The van der Waals surface area contributed by atoms with Crippen molar-refractivity contribution in [2.45, 2.75) is 11.3 Å². The van der Waals surface area contributed by atoms with Gasteiger partial charge in [0.15, 0.2) is 0 Å². The Morgan fingerprint density at radius 3 is 2.41 bits per heavy atom. The van der Waals surface area contributed by atoms with Crippen molar-refractivity contribution in [1.82, 2.24) is 4.90 Å². The maximum atomic E-state index is 2.26. The molecule has 2 aromatic carbocycles. The van der Waals surface area contributed by atoms with Crippen LogP contribution >= 0.6 is 11.8 Å². The predicted molar refractivity (Wildman–Crippen MR) is 78.0 cm³/mol. The monoisotopic (exact) mass is 245 g/mol. The van der Waals surface area contributed by atoms with Crippen molar-refractivity contribution in [2.24, 2.45) is 0 Å². The third-order valence-electron chi connectivity index (χ3n) is 3.00. The van der Waals surface area contributed by atoms with Crippen LogP contribution in [0.25, 0.3) is 10.8 Å². The van der Waals surface area contributed by atoms with Gasteiger partial charge in [0.1, 0.15) is 0 Å². The van der Waals surface area contributed by atoms with E-state index in [0.29, 0.717) is 0 Å². The van der Waals surface area contributed by atoms with Gasteiger partial charge in [-0.15, -0.1) is 11.8 Å². The Balaban J connectivity index is 2.47. The van der Waals surface area contributed by atoms with E-state index in [0.717, 1.165) is 13.0 Å². The Morgan fingerprint density at radius 2 is 1.76 bits per heavy atom. The molecule has 0 saturated heterocycles. The van der Waals surface area contributed by atoms with Crippen LogP contribution < -0.4 is 0 Å². The average Bonchev–Trinajstić information content (AvgIpc) is 2.35. The molecule has 0 atom stereocenters. The van der Waals surface area contributed by atoms with Crippen LogP contribution in [-0.2, 0) is 6.42 Å². The predicted octanol–water partition coefficient (Wildman–Crippen LogP) is 3.67. The lowest BCUT2D eigenvalue weighted by molar-refractivity contribution is 0.414. The molecule has 0 bridgehead atoms. The van der Waals surface area contributed by atoms with Gasteiger partial charge >= 0.3 is 0 Å². The molecule has 0 aliphatic heterocycles. The average molecular weight is 245 g/mol. The highest BCUT2D eigenvalue weighted by atomic mass is 32.2. The minimum absolute atomic E-state index is 1.10. The molecule has 0 amide bonds. The lowest BCUT2D eigenvalue weighted by atomic mass is 10.0. The Bertz CT molecular complexity index is 500. The molecule has 0 aliphatic rings. The smallest absolute Gasteiger partial charge is 0.0150 e. The first kappa shape index (κ1) is 12.5. The summed E-state index contributed by atoms with van der Waals surface area (Å²) in [4.78, 5) is 3.62. The number of hydrogen-bond acceptors (Lipinski definition) is 2. The van der Waals surface area contributed by atoms with Gasteiger partial charge in [-0.1, -0.05) is 30.3 Å². The number of benzene rings is 2. The first-order valence-corrected chi connectivity index (χ1v) is 7.14. The van der Waals surface area contributed by atoms with Gasteiger partial charge in [0.2, 0.25) is 0 Å². The fourth-order valence-electron chi connectivity index (χ4n) is 2.10. The fourth-order valence-corrected chi connectivity index (χ4v) is 2.77. The molecule has 0 unspecified atom stereocenters. The van der Waals surface area contributed by atoms with Crippen molar-refractivity contribution in [3.8, 4) is 0 Å². The molecule has 1 nitrogen and oxygen atoms in total. The van der Waals surface area contributed by atoms with Crippen LogP contribution in [0.5, 0.6) is 0 Å². The molecular weight excluding hydrogens is 226 g/mol. The highest BCUT2D eigenvalue weighted by Gasteiger charge is 2.05. The van der Waals surface area contributed by atoms with Gasteiger partial charge in [-0.3, -0.25) is 0 Å². The summed E-state index contributed by atoms with van der Waals surface area (Å²) in [7, 11) is 4.25. The van der Waals surface area contributed by atoms with E-state index in [-0.39, 0.29) is 0 Å². The van der Waals surface area contributed by atoms with Crippen molar-refractivity contribution in [3.05, 3.63) is 42.0 Å². The van der Waals surface area contributed by atoms with E-state index in [1.165, 1.54) is 21.2 Å². The highest BCUT2D eigenvalue weighted by molar-refractivity contribution is 7.98. The topological polar surface area (TPSA) is 3.24 Å². The second-order valence-electron chi connectivity index (χ2n) is 4.53. The summed E-state index contributed by atoms with van der Waals surface area (Å²) in [6.45, 7) is 1.10. The number of rotatable bonds is 4. The lowest BCUT2D eigenvalue weighted by Gasteiger charge is -2.13. The molecule has 0 aromatic heterocycles. The van der Waals surface area contributed by atoms with Gasteiger partial charge in [-0.25, -0.2) is 0 Å². The summed E-state index contributed by atoms with van der Waals surface area (Å²) in [5.41, 5.74) is 1.46. The van der Waals surface area contributed by atoms with Crippen LogP contribution in [-0.4, -0.2) is 31.8 Å². The zero-order valence-electron chi connectivity index (χ0n) is 10.7. The third-order valence-corrected chi connectivity index (χ3v) is 3.78. The minimum Gasteiger partial charge on any atom is -0.309 e. The van der Waals surface area contributed by atoms with E-state index in [4.69, 9.17) is 0 Å². The summed E-state index contributed by atoms with van der Waals surface area (Å²) < 4.78 is 0. The molecule has 0 heterocycles. The Hall–Kier alpha value is -0.990. The van der Waals surface area contributed by atoms with Gasteiger partial charge in [-0.05, 0) is 49.2 Å². The summed E-state index contributed by atoms with van der Waals surface area (Å²) in [6, 6.07) is 13.2. The van der Waals surface area contributed by atoms with Crippen LogP contribution in [0.4, 0.5) is 0 Å². The quantitative estimate of drug-likeness (QED) is 0.756. The Labute approximate surface area is 108 Å². The van der Waals surface area contributed by atoms with Crippen LogP contribution in [0.3, 0.4) is 0 Å².